The molecular formula is C18H21ClN2O2S. The lowest BCUT2D eigenvalue weighted by atomic mass is 10.1. The molecular weight excluding hydrogens is 344 g/mol. The van der Waals surface area contributed by atoms with E-state index < -0.39 is 0 Å². The summed E-state index contributed by atoms with van der Waals surface area (Å²) in [6, 6.07) is 10.8. The van der Waals surface area contributed by atoms with Crippen LogP contribution in [0, 0.1) is 6.92 Å². The Bertz CT molecular complexity index is 722. The summed E-state index contributed by atoms with van der Waals surface area (Å²) < 4.78 is 0. The van der Waals surface area contributed by atoms with Gasteiger partial charge < -0.3 is 20.8 Å². The summed E-state index contributed by atoms with van der Waals surface area (Å²) in [6.45, 7) is 3.36. The number of hydrogen-bond donors (Lipinski definition) is 4. The van der Waals surface area contributed by atoms with Gasteiger partial charge in [-0.15, -0.1) is 0 Å². The second kappa shape index (κ2) is 8.76. The summed E-state index contributed by atoms with van der Waals surface area (Å²) >= 11 is 11.4. The maximum atomic E-state index is 9.45. The summed E-state index contributed by atoms with van der Waals surface area (Å²) in [5.41, 5.74) is 3.17. The summed E-state index contributed by atoms with van der Waals surface area (Å²) in [5, 5.41) is 26.4. The predicted molar refractivity (Wildman–Crippen MR) is 102 cm³/mol. The molecule has 0 aliphatic carbocycles. The Morgan fingerprint density at radius 2 is 1.71 bits per heavy atom. The van der Waals surface area contributed by atoms with Crippen molar-refractivity contribution in [1.29, 1.82) is 0 Å². The normalized spacial score (nSPS) is 10.4. The molecule has 0 unspecified atom stereocenters. The van der Waals surface area contributed by atoms with Crippen LogP contribution in [0.2, 0.25) is 5.02 Å². The number of aryl methyl sites for hydroxylation is 1. The van der Waals surface area contributed by atoms with Gasteiger partial charge in [-0.05, 0) is 66.9 Å². The standard InChI is InChI=1S/C18H21ClN2O2S/c1-12-2-4-14(15(19)10-12)7-9-21-18(24)20-8-6-13-3-5-16(22)17(23)11-13/h2-5,10-11,22-23H,6-9H2,1H3,(H2,20,21,24). The maximum absolute atomic E-state index is 9.45. The molecule has 2 rings (SSSR count). The molecule has 0 radical (unpaired) electrons. The molecule has 2 aromatic rings. The fraction of sp³-hybridized carbons (Fsp3) is 0.278. The van der Waals surface area contributed by atoms with Gasteiger partial charge in [-0.1, -0.05) is 29.8 Å². The average molecular weight is 365 g/mol. The summed E-state index contributed by atoms with van der Waals surface area (Å²) in [7, 11) is 0. The average Bonchev–Trinajstić information content (AvgIpc) is 2.53. The zero-order valence-electron chi connectivity index (χ0n) is 13.5. The highest BCUT2D eigenvalue weighted by Gasteiger charge is 2.03. The Morgan fingerprint density at radius 3 is 2.38 bits per heavy atom. The highest BCUT2D eigenvalue weighted by molar-refractivity contribution is 7.80. The van der Waals surface area contributed by atoms with Gasteiger partial charge >= 0.3 is 0 Å². The largest absolute Gasteiger partial charge is 0.504 e. The van der Waals surface area contributed by atoms with E-state index in [0.29, 0.717) is 24.6 Å². The predicted octanol–water partition coefficient (Wildman–Crippen LogP) is 3.31. The number of nitrogens with one attached hydrogen (secondary N) is 2. The topological polar surface area (TPSA) is 64.5 Å². The molecule has 0 aliphatic heterocycles. The van der Waals surface area contributed by atoms with E-state index in [1.165, 1.54) is 6.07 Å². The van der Waals surface area contributed by atoms with E-state index in [-0.39, 0.29) is 11.5 Å². The zero-order valence-corrected chi connectivity index (χ0v) is 15.0. The van der Waals surface area contributed by atoms with Crippen LogP contribution in [-0.4, -0.2) is 28.4 Å². The van der Waals surface area contributed by atoms with E-state index in [2.05, 4.69) is 10.6 Å². The highest BCUT2D eigenvalue weighted by atomic mass is 35.5. The molecule has 128 valence electrons. The molecule has 0 aliphatic rings. The van der Waals surface area contributed by atoms with Crippen molar-refractivity contribution in [2.24, 2.45) is 0 Å². The van der Waals surface area contributed by atoms with Crippen LogP contribution in [0.4, 0.5) is 0 Å². The van der Waals surface area contributed by atoms with Gasteiger partial charge in [-0.25, -0.2) is 0 Å². The third kappa shape index (κ3) is 5.58. The van der Waals surface area contributed by atoms with Crippen molar-refractivity contribution in [2.75, 3.05) is 13.1 Å². The minimum atomic E-state index is -0.112. The zero-order chi connectivity index (χ0) is 17.5. The lowest BCUT2D eigenvalue weighted by Crippen LogP contribution is -2.37. The molecule has 0 spiro atoms. The number of benzene rings is 2. The molecule has 4 N–H and O–H groups in total. The molecule has 0 saturated heterocycles. The SMILES string of the molecule is Cc1ccc(CCNC(=S)NCCc2ccc(O)c(O)c2)c(Cl)c1. The summed E-state index contributed by atoms with van der Waals surface area (Å²) in [6.07, 6.45) is 1.49. The minimum absolute atomic E-state index is 0.108. The van der Waals surface area contributed by atoms with Crippen LogP contribution in [-0.2, 0) is 12.8 Å². The first-order valence-electron chi connectivity index (χ1n) is 7.73. The molecule has 0 saturated carbocycles. The molecule has 0 amide bonds. The minimum Gasteiger partial charge on any atom is -0.504 e. The van der Waals surface area contributed by atoms with Gasteiger partial charge in [0.05, 0.1) is 0 Å². The first-order chi connectivity index (χ1) is 11.5. The Balaban J connectivity index is 1.68. The van der Waals surface area contributed by atoms with Crippen molar-refractivity contribution < 1.29 is 10.2 Å². The quantitative estimate of drug-likeness (QED) is 0.468. The Kier molecular flexibility index (Phi) is 6.70. The van der Waals surface area contributed by atoms with Crippen molar-refractivity contribution >= 4 is 28.9 Å². The number of halogens is 1. The van der Waals surface area contributed by atoms with Crippen molar-refractivity contribution in [3.05, 3.63) is 58.1 Å². The van der Waals surface area contributed by atoms with Gasteiger partial charge in [-0.3, -0.25) is 0 Å². The van der Waals surface area contributed by atoms with Crippen LogP contribution < -0.4 is 10.6 Å². The number of thiocarbonyl (C=S) groups is 1. The Hall–Kier alpha value is -1.98. The number of hydrogen-bond acceptors (Lipinski definition) is 3. The van der Waals surface area contributed by atoms with Gasteiger partial charge in [0, 0.05) is 18.1 Å². The molecule has 0 fully saturated rings. The van der Waals surface area contributed by atoms with Crippen LogP contribution in [0.1, 0.15) is 16.7 Å². The van der Waals surface area contributed by atoms with Crippen LogP contribution in [0.3, 0.4) is 0 Å². The van der Waals surface area contributed by atoms with Gasteiger partial charge in [0.15, 0.2) is 16.6 Å². The molecule has 0 atom stereocenters. The van der Waals surface area contributed by atoms with Gasteiger partial charge in [0.2, 0.25) is 0 Å². The van der Waals surface area contributed by atoms with Crippen molar-refractivity contribution in [3.8, 4) is 11.5 Å². The van der Waals surface area contributed by atoms with E-state index in [1.807, 2.05) is 25.1 Å². The smallest absolute Gasteiger partial charge is 0.166 e. The lowest BCUT2D eigenvalue weighted by Gasteiger charge is -2.11. The second-order valence-corrected chi connectivity index (χ2v) is 6.42. The molecule has 2 aromatic carbocycles. The van der Waals surface area contributed by atoms with E-state index >= 15 is 0 Å². The number of rotatable bonds is 6. The maximum Gasteiger partial charge on any atom is 0.166 e. The van der Waals surface area contributed by atoms with Crippen molar-refractivity contribution in [3.63, 3.8) is 0 Å². The molecule has 0 bridgehead atoms. The van der Waals surface area contributed by atoms with E-state index in [1.54, 1.807) is 12.1 Å². The number of phenols is 2. The molecule has 0 heterocycles. The van der Waals surface area contributed by atoms with E-state index in [0.717, 1.165) is 28.1 Å². The van der Waals surface area contributed by atoms with E-state index in [4.69, 9.17) is 23.8 Å². The second-order valence-electron chi connectivity index (χ2n) is 5.60. The number of aromatic hydroxyl groups is 2. The van der Waals surface area contributed by atoms with Crippen molar-refractivity contribution in [1.82, 2.24) is 10.6 Å². The molecule has 24 heavy (non-hydrogen) atoms. The Morgan fingerprint density at radius 1 is 1.00 bits per heavy atom. The third-order valence-electron chi connectivity index (χ3n) is 3.63. The van der Waals surface area contributed by atoms with Gasteiger partial charge in [0.25, 0.3) is 0 Å². The summed E-state index contributed by atoms with van der Waals surface area (Å²) in [4.78, 5) is 0. The summed E-state index contributed by atoms with van der Waals surface area (Å²) in [5.74, 6) is -0.221. The third-order valence-corrected chi connectivity index (χ3v) is 4.27. The fourth-order valence-corrected chi connectivity index (χ4v) is 2.81. The van der Waals surface area contributed by atoms with Crippen LogP contribution in [0.25, 0.3) is 0 Å². The first-order valence-corrected chi connectivity index (χ1v) is 8.52. The Labute approximate surface area is 152 Å². The van der Waals surface area contributed by atoms with Gasteiger partial charge in [-0.2, -0.15) is 0 Å². The van der Waals surface area contributed by atoms with Crippen molar-refractivity contribution in [2.45, 2.75) is 19.8 Å². The lowest BCUT2D eigenvalue weighted by molar-refractivity contribution is 0.403. The van der Waals surface area contributed by atoms with Gasteiger partial charge in [0.1, 0.15) is 0 Å². The van der Waals surface area contributed by atoms with E-state index in [9.17, 15) is 10.2 Å². The van der Waals surface area contributed by atoms with Crippen LogP contribution in [0.5, 0.6) is 11.5 Å². The van der Waals surface area contributed by atoms with Crippen LogP contribution in [0.15, 0.2) is 36.4 Å². The molecule has 4 nitrogen and oxygen atoms in total. The first kappa shape index (κ1) is 18.4. The monoisotopic (exact) mass is 364 g/mol. The fourth-order valence-electron chi connectivity index (χ4n) is 2.27. The molecule has 0 aromatic heterocycles. The highest BCUT2D eigenvalue weighted by Crippen LogP contribution is 2.24. The molecule has 6 heteroatoms. The number of phenolic OH excluding ortho intramolecular Hbond substituents is 2. The van der Waals surface area contributed by atoms with Crippen LogP contribution >= 0.6 is 23.8 Å².